The Morgan fingerprint density at radius 3 is 2.50 bits per heavy atom. The minimum absolute atomic E-state index is 0.0428. The normalized spacial score (nSPS) is 14.6. The summed E-state index contributed by atoms with van der Waals surface area (Å²) < 4.78 is 39.4. The first-order valence-corrected chi connectivity index (χ1v) is 11.4. The molecule has 1 aliphatic carbocycles. The van der Waals surface area contributed by atoms with Crippen LogP contribution in [0.25, 0.3) is 21.7 Å². The third-order valence-electron chi connectivity index (χ3n) is 5.41. The first-order valence-electron chi connectivity index (χ1n) is 10.5. The number of thiazole rings is 1. The van der Waals surface area contributed by atoms with Crippen molar-refractivity contribution in [3.05, 3.63) is 47.4 Å². The summed E-state index contributed by atoms with van der Waals surface area (Å²) in [6.45, 7) is 0. The van der Waals surface area contributed by atoms with Crippen molar-refractivity contribution >= 4 is 29.2 Å². The molecular weight excluding hydrogens is 471 g/mol. The fourth-order valence-corrected chi connectivity index (χ4v) is 4.60. The van der Waals surface area contributed by atoms with Crippen molar-refractivity contribution in [1.82, 2.24) is 20.3 Å². The van der Waals surface area contributed by atoms with Crippen molar-refractivity contribution < 1.29 is 27.9 Å². The van der Waals surface area contributed by atoms with Crippen molar-refractivity contribution in [2.75, 3.05) is 5.32 Å². The summed E-state index contributed by atoms with van der Waals surface area (Å²) in [6.07, 6.45) is 4.26. The fourth-order valence-electron chi connectivity index (χ4n) is 3.75. The number of carbonyl (C=O) groups excluding carboxylic acids is 1. The molecule has 8 nitrogen and oxygen atoms in total. The molecule has 3 aromatic rings. The van der Waals surface area contributed by atoms with E-state index in [1.807, 2.05) is 0 Å². The van der Waals surface area contributed by atoms with Gasteiger partial charge < -0.3 is 10.4 Å². The topological polar surface area (TPSA) is 117 Å². The molecule has 0 spiro atoms. The number of pyridine rings is 2. The van der Waals surface area contributed by atoms with Gasteiger partial charge >= 0.3 is 18.2 Å². The Morgan fingerprint density at radius 2 is 1.82 bits per heavy atom. The van der Waals surface area contributed by atoms with Crippen LogP contribution in [-0.2, 0) is 6.18 Å². The van der Waals surface area contributed by atoms with Gasteiger partial charge in [0.1, 0.15) is 10.8 Å². The number of nitrogens with one attached hydrogen (secondary N) is 2. The van der Waals surface area contributed by atoms with Crippen LogP contribution in [0.2, 0.25) is 0 Å². The lowest BCUT2D eigenvalue weighted by molar-refractivity contribution is -0.140. The van der Waals surface area contributed by atoms with E-state index in [1.165, 1.54) is 24.5 Å². The minimum Gasteiger partial charge on any atom is -0.478 e. The molecule has 3 N–H and O–H groups in total. The summed E-state index contributed by atoms with van der Waals surface area (Å²) in [5, 5.41) is 15.7. The van der Waals surface area contributed by atoms with Crippen LogP contribution in [0, 0.1) is 0 Å². The highest BCUT2D eigenvalue weighted by molar-refractivity contribution is 7.13. The predicted octanol–water partition coefficient (Wildman–Crippen LogP) is 5.44. The Kier molecular flexibility index (Phi) is 6.77. The second kappa shape index (κ2) is 9.75. The molecule has 2 amide bonds. The number of rotatable bonds is 5. The van der Waals surface area contributed by atoms with Crippen LogP contribution in [0.5, 0.6) is 0 Å². The molecule has 12 heteroatoms. The van der Waals surface area contributed by atoms with Gasteiger partial charge in [-0.05, 0) is 25.0 Å². The lowest BCUT2D eigenvalue weighted by Gasteiger charge is -2.22. The van der Waals surface area contributed by atoms with Gasteiger partial charge in [-0.1, -0.05) is 19.3 Å². The van der Waals surface area contributed by atoms with Gasteiger partial charge in [0.25, 0.3) is 0 Å². The van der Waals surface area contributed by atoms with Crippen LogP contribution in [0.15, 0.2) is 36.1 Å². The van der Waals surface area contributed by atoms with Gasteiger partial charge in [0, 0.05) is 46.7 Å². The van der Waals surface area contributed by atoms with Gasteiger partial charge in [0.15, 0.2) is 5.69 Å². The molecule has 0 radical (unpaired) electrons. The second-order valence-corrected chi connectivity index (χ2v) is 8.71. The van der Waals surface area contributed by atoms with Crippen LogP contribution < -0.4 is 10.6 Å². The van der Waals surface area contributed by atoms with E-state index < -0.39 is 23.9 Å². The first kappa shape index (κ1) is 23.6. The predicted molar refractivity (Wildman–Crippen MR) is 120 cm³/mol. The molecule has 3 heterocycles. The molecule has 178 valence electrons. The van der Waals surface area contributed by atoms with Crippen LogP contribution >= 0.6 is 11.3 Å². The molecule has 0 aliphatic heterocycles. The molecule has 3 aromatic heterocycles. The first-order chi connectivity index (χ1) is 16.2. The molecule has 0 aromatic carbocycles. The third kappa shape index (κ3) is 5.50. The largest absolute Gasteiger partial charge is 0.478 e. The van der Waals surface area contributed by atoms with E-state index in [9.17, 15) is 27.9 Å². The summed E-state index contributed by atoms with van der Waals surface area (Å²) in [7, 11) is 0. The van der Waals surface area contributed by atoms with E-state index in [0.29, 0.717) is 11.1 Å². The van der Waals surface area contributed by atoms with E-state index in [2.05, 4.69) is 25.6 Å². The number of anilines is 1. The molecule has 34 heavy (non-hydrogen) atoms. The van der Waals surface area contributed by atoms with Crippen molar-refractivity contribution in [3.63, 3.8) is 0 Å². The molecule has 1 aliphatic rings. The van der Waals surface area contributed by atoms with Crippen LogP contribution in [0.4, 0.5) is 23.8 Å². The number of alkyl halides is 3. The zero-order valence-electron chi connectivity index (χ0n) is 17.7. The van der Waals surface area contributed by atoms with E-state index in [1.54, 1.807) is 0 Å². The average molecular weight is 491 g/mol. The number of urea groups is 1. The third-order valence-corrected chi connectivity index (χ3v) is 6.28. The molecule has 1 saturated carbocycles. The lowest BCUT2D eigenvalue weighted by atomic mass is 9.96. The summed E-state index contributed by atoms with van der Waals surface area (Å²) in [4.78, 5) is 35.6. The maximum Gasteiger partial charge on any atom is 0.434 e. The number of carboxylic acid groups (broad SMARTS) is 1. The van der Waals surface area contributed by atoms with Crippen molar-refractivity contribution in [2.24, 2.45) is 0 Å². The minimum atomic E-state index is -4.62. The SMILES string of the molecule is O=C(Nc1cc(-c2nc(C(F)(F)F)cs2)c(-c2cncc(C(=O)O)c2)cn1)NC1CCCCC1. The van der Waals surface area contributed by atoms with E-state index in [0.717, 1.165) is 55.0 Å². The number of aromatic carboxylic acids is 1. The highest BCUT2D eigenvalue weighted by Gasteiger charge is 2.34. The smallest absolute Gasteiger partial charge is 0.434 e. The van der Waals surface area contributed by atoms with E-state index in [-0.39, 0.29) is 28.0 Å². The average Bonchev–Trinajstić information content (AvgIpc) is 3.31. The zero-order chi connectivity index (χ0) is 24.3. The standard InChI is InChI=1S/C22H20F3N5O3S/c23-22(24,25)17-11-34-19(29-17)15-7-18(30-21(33)28-14-4-2-1-3-5-14)27-10-16(15)12-6-13(20(31)32)9-26-8-12/h6-11,14H,1-5H2,(H,31,32)(H2,27,28,30,33). The maximum absolute atomic E-state index is 13.1. The molecule has 0 unspecified atom stereocenters. The van der Waals surface area contributed by atoms with E-state index in [4.69, 9.17) is 0 Å². The van der Waals surface area contributed by atoms with Crippen LogP contribution in [0.3, 0.4) is 0 Å². The number of nitrogens with zero attached hydrogens (tertiary/aromatic N) is 3. The van der Waals surface area contributed by atoms with E-state index >= 15 is 0 Å². The van der Waals surface area contributed by atoms with Gasteiger partial charge in [-0.15, -0.1) is 11.3 Å². The quantitative estimate of drug-likeness (QED) is 0.438. The maximum atomic E-state index is 13.1. The number of amides is 2. The lowest BCUT2D eigenvalue weighted by Crippen LogP contribution is -2.39. The Balaban J connectivity index is 1.69. The van der Waals surface area contributed by atoms with Gasteiger partial charge in [0.05, 0.1) is 5.56 Å². The highest BCUT2D eigenvalue weighted by atomic mass is 32.1. The molecular formula is C22H20F3N5O3S. The van der Waals surface area contributed by atoms with Gasteiger partial charge in [-0.2, -0.15) is 13.2 Å². The zero-order valence-corrected chi connectivity index (χ0v) is 18.5. The Morgan fingerprint density at radius 1 is 1.06 bits per heavy atom. The highest BCUT2D eigenvalue weighted by Crippen LogP contribution is 2.38. The number of halogens is 3. The van der Waals surface area contributed by atoms with Gasteiger partial charge in [-0.25, -0.2) is 19.6 Å². The molecule has 4 rings (SSSR count). The van der Waals surface area contributed by atoms with Gasteiger partial charge in [-0.3, -0.25) is 10.3 Å². The summed E-state index contributed by atoms with van der Waals surface area (Å²) >= 11 is 0.781. The number of aromatic nitrogens is 3. The number of hydrogen-bond acceptors (Lipinski definition) is 6. The Hall–Kier alpha value is -3.54. The Bertz CT molecular complexity index is 1210. The van der Waals surface area contributed by atoms with Crippen molar-refractivity contribution in [1.29, 1.82) is 0 Å². The number of carboxylic acids is 1. The van der Waals surface area contributed by atoms with Gasteiger partial charge in [0.2, 0.25) is 0 Å². The number of carbonyl (C=O) groups is 2. The fraction of sp³-hybridized carbons (Fsp3) is 0.318. The van der Waals surface area contributed by atoms with Crippen molar-refractivity contribution in [3.8, 4) is 21.7 Å². The summed E-state index contributed by atoms with van der Waals surface area (Å²) in [5.41, 5.74) is -0.209. The monoisotopic (exact) mass is 491 g/mol. The summed E-state index contributed by atoms with van der Waals surface area (Å²) in [6, 6.07) is 2.37. The Labute approximate surface area is 196 Å². The molecule has 1 fully saturated rings. The van der Waals surface area contributed by atoms with Crippen molar-refractivity contribution in [2.45, 2.75) is 44.3 Å². The number of hydrogen-bond donors (Lipinski definition) is 3. The summed E-state index contributed by atoms with van der Waals surface area (Å²) in [5.74, 6) is -1.08. The van der Waals surface area contributed by atoms with Crippen LogP contribution in [0.1, 0.15) is 48.2 Å². The second-order valence-electron chi connectivity index (χ2n) is 7.85. The molecule has 0 bridgehead atoms. The molecule has 0 saturated heterocycles. The van der Waals surface area contributed by atoms with Crippen LogP contribution in [-0.4, -0.2) is 38.1 Å². The molecule has 0 atom stereocenters.